The number of fused-ring (bicyclic) bond motifs is 1. The van der Waals surface area contributed by atoms with Gasteiger partial charge in [0.25, 0.3) is 5.92 Å². The van der Waals surface area contributed by atoms with E-state index in [0.29, 0.717) is 0 Å². The van der Waals surface area contributed by atoms with Gasteiger partial charge in [-0.05, 0) is 17.7 Å². The minimum atomic E-state index is -3.33. The molecule has 0 spiro atoms. The van der Waals surface area contributed by atoms with Crippen LogP contribution in [-0.2, 0) is 17.7 Å². The lowest BCUT2D eigenvalue weighted by molar-refractivity contribution is -0.0194. The number of benzene rings is 1. The van der Waals surface area contributed by atoms with Crippen LogP contribution in [0.25, 0.3) is 0 Å². The lowest BCUT2D eigenvalue weighted by Crippen LogP contribution is -2.35. The van der Waals surface area contributed by atoms with Crippen molar-refractivity contribution in [2.24, 2.45) is 0 Å². The fourth-order valence-corrected chi connectivity index (χ4v) is 2.64. The highest BCUT2D eigenvalue weighted by Crippen LogP contribution is 2.45. The maximum Gasteiger partial charge on any atom is 0.272 e. The van der Waals surface area contributed by atoms with E-state index in [0.717, 1.165) is 6.07 Å². The second-order valence-corrected chi connectivity index (χ2v) is 4.87. The van der Waals surface area contributed by atoms with E-state index >= 15 is 0 Å². The maximum absolute atomic E-state index is 13.6. The van der Waals surface area contributed by atoms with E-state index in [4.69, 9.17) is 16.2 Å². The van der Waals surface area contributed by atoms with Crippen LogP contribution in [0.5, 0.6) is 0 Å². The Kier molecular flexibility index (Phi) is 3.19. The van der Waals surface area contributed by atoms with Gasteiger partial charge in [0.05, 0.1) is 0 Å². The number of alkyl halides is 2. The highest BCUT2D eigenvalue weighted by atomic mass is 35.5. The van der Waals surface area contributed by atoms with E-state index < -0.39 is 35.5 Å². The van der Waals surface area contributed by atoms with E-state index in [1.54, 1.807) is 4.72 Å². The molecule has 1 aliphatic carbocycles. The van der Waals surface area contributed by atoms with E-state index in [1.165, 1.54) is 6.07 Å². The van der Waals surface area contributed by atoms with Crippen molar-refractivity contribution in [1.29, 1.82) is 0 Å². The summed E-state index contributed by atoms with van der Waals surface area (Å²) in [6, 6.07) is 0.313. The lowest BCUT2D eigenvalue weighted by Gasteiger charge is -2.19. The SMILES string of the molecule is O=S(O)NC1c2c(F)cc(Cl)cc2CC1(F)F. The van der Waals surface area contributed by atoms with Gasteiger partial charge >= 0.3 is 0 Å². The molecule has 3 nitrogen and oxygen atoms in total. The third kappa shape index (κ3) is 2.33. The van der Waals surface area contributed by atoms with Gasteiger partial charge in [0.1, 0.15) is 11.9 Å². The highest BCUT2D eigenvalue weighted by Gasteiger charge is 2.49. The van der Waals surface area contributed by atoms with Gasteiger partial charge in [-0.1, -0.05) is 11.6 Å². The van der Waals surface area contributed by atoms with E-state index in [9.17, 15) is 17.4 Å². The summed E-state index contributed by atoms with van der Waals surface area (Å²) in [4.78, 5) is 0. The number of nitrogens with one attached hydrogen (secondary N) is 1. The molecule has 2 unspecified atom stereocenters. The summed E-state index contributed by atoms with van der Waals surface area (Å²) in [5.41, 5.74) is -0.259. The first kappa shape index (κ1) is 12.8. The Bertz CT molecular complexity index is 497. The Hall–Kier alpha value is -0.630. The van der Waals surface area contributed by atoms with Crippen molar-refractivity contribution in [3.05, 3.63) is 34.1 Å². The van der Waals surface area contributed by atoms with E-state index in [-0.39, 0.29) is 16.1 Å². The van der Waals surface area contributed by atoms with Gasteiger partial charge < -0.3 is 0 Å². The molecule has 0 bridgehead atoms. The zero-order valence-electron chi connectivity index (χ0n) is 8.21. The van der Waals surface area contributed by atoms with Crippen LogP contribution in [0.4, 0.5) is 13.2 Å². The van der Waals surface area contributed by atoms with E-state index in [2.05, 4.69) is 0 Å². The third-order valence-electron chi connectivity index (χ3n) is 2.54. The van der Waals surface area contributed by atoms with Gasteiger partial charge in [-0.25, -0.2) is 22.1 Å². The summed E-state index contributed by atoms with van der Waals surface area (Å²) in [5, 5.41) is 0.0165. The standard InChI is InChI=1S/C9H7ClF3NO2S/c10-5-1-4-3-9(12,13)8(14-17(15)16)7(4)6(11)2-5/h1-2,8,14H,3H2,(H,15,16). The molecule has 0 aromatic heterocycles. The average Bonchev–Trinajstić information content (AvgIpc) is 2.36. The first-order valence-electron chi connectivity index (χ1n) is 4.54. The summed E-state index contributed by atoms with van der Waals surface area (Å²) in [6.07, 6.45) is -0.714. The maximum atomic E-state index is 13.6. The minimum absolute atomic E-state index is 0.0165. The van der Waals surface area contributed by atoms with Crippen molar-refractivity contribution in [2.75, 3.05) is 0 Å². The molecule has 2 atom stereocenters. The van der Waals surface area contributed by atoms with Gasteiger partial charge in [-0.3, -0.25) is 4.55 Å². The fraction of sp³-hybridized carbons (Fsp3) is 0.333. The molecule has 8 heteroatoms. The number of hydrogen-bond donors (Lipinski definition) is 2. The smallest absolute Gasteiger partial charge is 0.272 e. The first-order valence-corrected chi connectivity index (χ1v) is 6.02. The van der Waals surface area contributed by atoms with Crippen LogP contribution in [0.3, 0.4) is 0 Å². The van der Waals surface area contributed by atoms with Crippen LogP contribution < -0.4 is 4.72 Å². The van der Waals surface area contributed by atoms with Gasteiger partial charge in [0.15, 0.2) is 0 Å². The molecule has 1 aromatic rings. The molecule has 2 rings (SSSR count). The van der Waals surface area contributed by atoms with Crippen LogP contribution in [0.1, 0.15) is 17.2 Å². The van der Waals surface area contributed by atoms with Crippen LogP contribution >= 0.6 is 11.6 Å². The van der Waals surface area contributed by atoms with Crippen molar-refractivity contribution in [3.63, 3.8) is 0 Å². The quantitative estimate of drug-likeness (QED) is 0.820. The molecule has 0 saturated carbocycles. The topological polar surface area (TPSA) is 49.3 Å². The lowest BCUT2D eigenvalue weighted by atomic mass is 10.1. The van der Waals surface area contributed by atoms with Crippen molar-refractivity contribution in [1.82, 2.24) is 4.72 Å². The molecule has 94 valence electrons. The second kappa shape index (κ2) is 4.24. The molecule has 0 aliphatic heterocycles. The second-order valence-electron chi connectivity index (χ2n) is 3.70. The fourth-order valence-electron chi connectivity index (χ4n) is 1.92. The molecular weight excluding hydrogens is 279 g/mol. The highest BCUT2D eigenvalue weighted by molar-refractivity contribution is 7.77. The summed E-state index contributed by atoms with van der Waals surface area (Å²) < 4.78 is 61.6. The zero-order chi connectivity index (χ0) is 12.8. The van der Waals surface area contributed by atoms with Gasteiger partial charge in [0, 0.05) is 17.0 Å². The molecule has 2 N–H and O–H groups in total. The van der Waals surface area contributed by atoms with Crippen LogP contribution in [0, 0.1) is 5.82 Å². The zero-order valence-corrected chi connectivity index (χ0v) is 9.79. The number of halogens is 4. The van der Waals surface area contributed by atoms with Crippen molar-refractivity contribution < 1.29 is 21.9 Å². The molecule has 0 fully saturated rings. The van der Waals surface area contributed by atoms with Crippen LogP contribution in [0.2, 0.25) is 5.02 Å². The minimum Gasteiger partial charge on any atom is -0.294 e. The van der Waals surface area contributed by atoms with Crippen molar-refractivity contribution >= 4 is 22.9 Å². The largest absolute Gasteiger partial charge is 0.294 e. The molecule has 0 saturated heterocycles. The summed E-state index contributed by atoms with van der Waals surface area (Å²) in [7, 11) is 0. The molecule has 17 heavy (non-hydrogen) atoms. The van der Waals surface area contributed by atoms with E-state index in [1.807, 2.05) is 0 Å². The molecule has 0 radical (unpaired) electrons. The first-order chi connectivity index (χ1) is 7.81. The van der Waals surface area contributed by atoms with Crippen LogP contribution in [-0.4, -0.2) is 14.7 Å². The average molecular weight is 286 g/mol. The Morgan fingerprint density at radius 2 is 2.18 bits per heavy atom. The molecule has 0 amide bonds. The Morgan fingerprint density at radius 1 is 1.53 bits per heavy atom. The Balaban J connectivity index is 2.51. The molecule has 0 heterocycles. The Morgan fingerprint density at radius 3 is 2.76 bits per heavy atom. The normalized spacial score (nSPS) is 23.5. The Labute approximate surface area is 102 Å². The molecule has 1 aliphatic rings. The number of hydrogen-bond acceptors (Lipinski definition) is 1. The predicted molar refractivity (Wildman–Crippen MR) is 56.7 cm³/mol. The molecular formula is C9H7ClF3NO2S. The summed E-state index contributed by atoms with van der Waals surface area (Å²) >= 11 is 2.91. The van der Waals surface area contributed by atoms with Crippen LogP contribution in [0.15, 0.2) is 12.1 Å². The van der Waals surface area contributed by atoms with Crippen molar-refractivity contribution in [2.45, 2.75) is 18.4 Å². The molecule has 1 aromatic carbocycles. The van der Waals surface area contributed by atoms with Crippen molar-refractivity contribution in [3.8, 4) is 0 Å². The predicted octanol–water partition coefficient (Wildman–Crippen LogP) is 2.44. The third-order valence-corrected chi connectivity index (χ3v) is 3.19. The summed E-state index contributed by atoms with van der Waals surface area (Å²) in [5.74, 6) is -4.24. The summed E-state index contributed by atoms with van der Waals surface area (Å²) in [6.45, 7) is 0. The van der Waals surface area contributed by atoms with Gasteiger partial charge in [0.2, 0.25) is 11.3 Å². The monoisotopic (exact) mass is 285 g/mol. The van der Waals surface area contributed by atoms with Gasteiger partial charge in [-0.15, -0.1) is 0 Å². The van der Waals surface area contributed by atoms with Gasteiger partial charge in [-0.2, -0.15) is 0 Å². The number of rotatable bonds is 2.